The van der Waals surface area contributed by atoms with Gasteiger partial charge in [0.1, 0.15) is 5.76 Å². The zero-order valence-electron chi connectivity index (χ0n) is 15.0. The number of hydrogen-bond donors (Lipinski definition) is 2. The van der Waals surface area contributed by atoms with Gasteiger partial charge in [0.2, 0.25) is 5.91 Å². The predicted molar refractivity (Wildman–Crippen MR) is 105 cm³/mol. The van der Waals surface area contributed by atoms with Crippen molar-refractivity contribution in [3.8, 4) is 0 Å². The van der Waals surface area contributed by atoms with E-state index in [1.807, 2.05) is 36.4 Å². The first kappa shape index (κ1) is 18.4. The molecule has 0 aliphatic rings. The van der Waals surface area contributed by atoms with E-state index < -0.39 is 0 Å². The third-order valence-corrected chi connectivity index (χ3v) is 4.03. The van der Waals surface area contributed by atoms with Gasteiger partial charge < -0.3 is 20.0 Å². The minimum absolute atomic E-state index is 0.112. The average molecular weight is 363 g/mol. The van der Waals surface area contributed by atoms with Gasteiger partial charge in [-0.1, -0.05) is 18.2 Å². The maximum atomic E-state index is 12.6. The second-order valence-electron chi connectivity index (χ2n) is 6.01. The highest BCUT2D eigenvalue weighted by molar-refractivity contribution is 6.06. The van der Waals surface area contributed by atoms with E-state index in [-0.39, 0.29) is 18.4 Å². The lowest BCUT2D eigenvalue weighted by atomic mass is 10.1. The molecule has 3 aromatic rings. The van der Waals surface area contributed by atoms with Crippen LogP contribution >= 0.6 is 0 Å². The summed E-state index contributed by atoms with van der Waals surface area (Å²) >= 11 is 0. The fourth-order valence-electron chi connectivity index (χ4n) is 2.58. The van der Waals surface area contributed by atoms with Crippen LogP contribution in [0.25, 0.3) is 0 Å². The second-order valence-corrected chi connectivity index (χ2v) is 6.01. The Morgan fingerprint density at radius 3 is 2.37 bits per heavy atom. The van der Waals surface area contributed by atoms with Crippen molar-refractivity contribution in [2.45, 2.75) is 6.54 Å². The largest absolute Gasteiger partial charge is 0.468 e. The van der Waals surface area contributed by atoms with E-state index in [2.05, 4.69) is 10.6 Å². The van der Waals surface area contributed by atoms with Gasteiger partial charge in [-0.15, -0.1) is 0 Å². The molecule has 0 spiro atoms. The Balaban J connectivity index is 1.52. The number of hydrogen-bond acceptors (Lipinski definition) is 4. The summed E-state index contributed by atoms with van der Waals surface area (Å²) in [5.41, 5.74) is 2.01. The Bertz CT molecular complexity index is 875. The van der Waals surface area contributed by atoms with Crippen LogP contribution in [-0.2, 0) is 11.3 Å². The number of anilines is 2. The van der Waals surface area contributed by atoms with Gasteiger partial charge in [0.25, 0.3) is 5.91 Å². The molecule has 138 valence electrons. The average Bonchev–Trinajstić information content (AvgIpc) is 3.21. The van der Waals surface area contributed by atoms with E-state index in [0.717, 1.165) is 11.4 Å². The van der Waals surface area contributed by atoms with Gasteiger partial charge >= 0.3 is 0 Å². The summed E-state index contributed by atoms with van der Waals surface area (Å²) in [4.78, 5) is 26.1. The van der Waals surface area contributed by atoms with Crippen LogP contribution in [0.4, 0.5) is 11.4 Å². The van der Waals surface area contributed by atoms with Gasteiger partial charge in [-0.25, -0.2) is 0 Å². The molecule has 6 nitrogen and oxygen atoms in total. The third-order valence-electron chi connectivity index (χ3n) is 4.03. The molecular formula is C21H21N3O3. The predicted octanol–water partition coefficient (Wildman–Crippen LogP) is 3.28. The van der Waals surface area contributed by atoms with Gasteiger partial charge in [-0.05, 0) is 48.5 Å². The van der Waals surface area contributed by atoms with Crippen molar-refractivity contribution in [2.24, 2.45) is 0 Å². The number of furan rings is 1. The lowest BCUT2D eigenvalue weighted by Gasteiger charge is -2.17. The number of carbonyl (C=O) groups excluding carboxylic acids is 2. The second kappa shape index (κ2) is 8.82. The number of nitrogens with zero attached hydrogens (tertiary/aromatic N) is 1. The quantitative estimate of drug-likeness (QED) is 0.676. The maximum Gasteiger partial charge on any atom is 0.258 e. The summed E-state index contributed by atoms with van der Waals surface area (Å²) in [5, 5.41) is 5.80. The highest BCUT2D eigenvalue weighted by Gasteiger charge is 2.13. The van der Waals surface area contributed by atoms with Crippen molar-refractivity contribution >= 4 is 23.2 Å². The molecule has 0 atom stereocenters. The van der Waals surface area contributed by atoms with Crippen LogP contribution in [0, 0.1) is 0 Å². The molecule has 0 unspecified atom stereocenters. The fraction of sp³-hybridized carbons (Fsp3) is 0.143. The summed E-state index contributed by atoms with van der Waals surface area (Å²) in [6.45, 7) is 0.651. The van der Waals surface area contributed by atoms with Crippen molar-refractivity contribution in [1.29, 1.82) is 0 Å². The van der Waals surface area contributed by atoms with E-state index in [9.17, 15) is 9.59 Å². The van der Waals surface area contributed by atoms with Crippen LogP contribution in [0.15, 0.2) is 77.4 Å². The smallest absolute Gasteiger partial charge is 0.258 e. The van der Waals surface area contributed by atoms with Crippen LogP contribution < -0.4 is 15.5 Å². The summed E-state index contributed by atoms with van der Waals surface area (Å²) < 4.78 is 5.19. The summed E-state index contributed by atoms with van der Waals surface area (Å²) in [5.74, 6) is 0.495. The molecule has 3 rings (SSSR count). The topological polar surface area (TPSA) is 74.6 Å². The lowest BCUT2D eigenvalue weighted by molar-refractivity contribution is -0.115. The van der Waals surface area contributed by atoms with Gasteiger partial charge in [0.05, 0.1) is 19.4 Å². The van der Waals surface area contributed by atoms with Crippen molar-refractivity contribution in [3.05, 3.63) is 84.3 Å². The zero-order chi connectivity index (χ0) is 19.1. The fourth-order valence-corrected chi connectivity index (χ4v) is 2.58. The molecule has 0 aliphatic heterocycles. The number of rotatable bonds is 7. The molecule has 0 saturated carbocycles. The molecule has 27 heavy (non-hydrogen) atoms. The molecule has 2 N–H and O–H groups in total. The van der Waals surface area contributed by atoms with Crippen molar-refractivity contribution in [1.82, 2.24) is 5.32 Å². The minimum Gasteiger partial charge on any atom is -0.468 e. The first-order chi connectivity index (χ1) is 13.1. The highest BCUT2D eigenvalue weighted by Crippen LogP contribution is 2.16. The van der Waals surface area contributed by atoms with Gasteiger partial charge in [-0.2, -0.15) is 0 Å². The first-order valence-electron chi connectivity index (χ1n) is 8.59. The standard InChI is InChI=1S/C21H21N3O3/c1-24(18-6-3-2-4-7-18)21(26)16-9-11-17(12-10-16)23-20(25)15-22-14-19-8-5-13-27-19/h2-13,22H,14-15H2,1H3,(H,23,25). The van der Waals surface area contributed by atoms with Crippen LogP contribution in [0.5, 0.6) is 0 Å². The van der Waals surface area contributed by atoms with E-state index in [1.165, 1.54) is 0 Å². The Hall–Kier alpha value is -3.38. The maximum absolute atomic E-state index is 12.6. The van der Waals surface area contributed by atoms with Crippen LogP contribution in [0.1, 0.15) is 16.1 Å². The molecule has 0 radical (unpaired) electrons. The molecule has 6 heteroatoms. The van der Waals surface area contributed by atoms with Crippen LogP contribution in [0.3, 0.4) is 0 Å². The summed E-state index contributed by atoms with van der Waals surface area (Å²) in [6.07, 6.45) is 1.59. The van der Waals surface area contributed by atoms with E-state index in [4.69, 9.17) is 4.42 Å². The number of amides is 2. The van der Waals surface area contributed by atoms with Gasteiger partial charge in [0, 0.05) is 24.0 Å². The molecule has 2 aromatic carbocycles. The summed E-state index contributed by atoms with van der Waals surface area (Å²) in [6, 6.07) is 19.9. The molecule has 1 aromatic heterocycles. The molecule has 0 fully saturated rings. The number of carbonyl (C=O) groups is 2. The Kier molecular flexibility index (Phi) is 6.02. The number of para-hydroxylation sites is 1. The lowest BCUT2D eigenvalue weighted by Crippen LogP contribution is -2.28. The normalized spacial score (nSPS) is 10.4. The van der Waals surface area contributed by atoms with E-state index in [1.54, 1.807) is 48.5 Å². The van der Waals surface area contributed by atoms with E-state index >= 15 is 0 Å². The van der Waals surface area contributed by atoms with Crippen molar-refractivity contribution in [2.75, 3.05) is 23.8 Å². The number of benzene rings is 2. The monoisotopic (exact) mass is 363 g/mol. The van der Waals surface area contributed by atoms with Crippen LogP contribution in [-0.4, -0.2) is 25.4 Å². The van der Waals surface area contributed by atoms with E-state index in [0.29, 0.717) is 17.8 Å². The van der Waals surface area contributed by atoms with Gasteiger partial charge in [0.15, 0.2) is 0 Å². The van der Waals surface area contributed by atoms with Crippen molar-refractivity contribution in [3.63, 3.8) is 0 Å². The molecule has 0 aliphatic carbocycles. The third kappa shape index (κ3) is 5.05. The Labute approximate surface area is 157 Å². The minimum atomic E-state index is -0.165. The molecular weight excluding hydrogens is 342 g/mol. The van der Waals surface area contributed by atoms with Gasteiger partial charge in [-0.3, -0.25) is 9.59 Å². The first-order valence-corrected chi connectivity index (χ1v) is 8.59. The SMILES string of the molecule is CN(C(=O)c1ccc(NC(=O)CNCc2ccco2)cc1)c1ccccc1. The number of nitrogens with one attached hydrogen (secondary N) is 2. The molecule has 0 saturated heterocycles. The zero-order valence-corrected chi connectivity index (χ0v) is 15.0. The molecule has 1 heterocycles. The molecule has 0 bridgehead atoms. The highest BCUT2D eigenvalue weighted by atomic mass is 16.3. The Morgan fingerprint density at radius 2 is 1.70 bits per heavy atom. The molecule has 2 amide bonds. The van der Waals surface area contributed by atoms with Crippen LogP contribution in [0.2, 0.25) is 0 Å². The summed E-state index contributed by atoms with van der Waals surface area (Å²) in [7, 11) is 1.73. The van der Waals surface area contributed by atoms with Crippen molar-refractivity contribution < 1.29 is 14.0 Å². The Morgan fingerprint density at radius 1 is 0.963 bits per heavy atom.